The van der Waals surface area contributed by atoms with E-state index in [2.05, 4.69) is 79.4 Å². The van der Waals surface area contributed by atoms with Crippen LogP contribution >= 0.6 is 0 Å². The van der Waals surface area contributed by atoms with E-state index in [1.54, 1.807) is 0 Å². The van der Waals surface area contributed by atoms with Crippen LogP contribution in [0.5, 0.6) is 0 Å². The van der Waals surface area contributed by atoms with Gasteiger partial charge in [-0.15, -0.1) is 0 Å². The van der Waals surface area contributed by atoms with E-state index in [1.165, 1.54) is 33.9 Å². The molecule has 1 aliphatic carbocycles. The molecule has 2 atom stereocenters. The van der Waals surface area contributed by atoms with Crippen LogP contribution in [0.4, 0.5) is 0 Å². The summed E-state index contributed by atoms with van der Waals surface area (Å²) in [7, 11) is 0. The first-order chi connectivity index (χ1) is 10.3. The molecular formula is C21H18. The van der Waals surface area contributed by atoms with Crippen LogP contribution < -0.4 is 0 Å². The zero-order chi connectivity index (χ0) is 14.2. The molecule has 0 aliphatic heterocycles. The lowest BCUT2D eigenvalue weighted by atomic mass is 9.97. The fourth-order valence-corrected chi connectivity index (χ4v) is 3.25. The zero-order valence-corrected chi connectivity index (χ0v) is 12.0. The molecule has 21 heavy (non-hydrogen) atoms. The van der Waals surface area contributed by atoms with Gasteiger partial charge < -0.3 is 0 Å². The molecule has 0 bridgehead atoms. The van der Waals surface area contributed by atoms with E-state index in [4.69, 9.17) is 0 Å². The van der Waals surface area contributed by atoms with Gasteiger partial charge in [-0.1, -0.05) is 73.3 Å². The van der Waals surface area contributed by atoms with Crippen molar-refractivity contribution in [2.75, 3.05) is 0 Å². The first kappa shape index (κ1) is 12.4. The maximum absolute atomic E-state index is 4.37. The topological polar surface area (TPSA) is 0 Å². The second kappa shape index (κ2) is 4.89. The van der Waals surface area contributed by atoms with Crippen molar-refractivity contribution in [3.8, 4) is 0 Å². The number of rotatable bonds is 3. The molecular weight excluding hydrogens is 252 g/mol. The van der Waals surface area contributed by atoms with Gasteiger partial charge in [0.05, 0.1) is 0 Å². The number of fused-ring (bicyclic) bond motifs is 1. The van der Waals surface area contributed by atoms with Gasteiger partial charge >= 0.3 is 0 Å². The van der Waals surface area contributed by atoms with Crippen molar-refractivity contribution in [1.82, 2.24) is 0 Å². The quantitative estimate of drug-likeness (QED) is 0.576. The van der Waals surface area contributed by atoms with Crippen LogP contribution in [0.1, 0.15) is 23.5 Å². The maximum Gasteiger partial charge on any atom is -0.00868 e. The predicted octanol–water partition coefficient (Wildman–Crippen LogP) is 5.66. The highest BCUT2D eigenvalue weighted by molar-refractivity contribution is 5.86. The summed E-state index contributed by atoms with van der Waals surface area (Å²) in [6.45, 7) is 4.37. The SMILES string of the molecule is C=C(c1ccc2ccccc2c1)[C@H]1C[C@@H]1c1ccccc1. The number of benzene rings is 3. The Morgan fingerprint density at radius 1 is 0.810 bits per heavy atom. The van der Waals surface area contributed by atoms with Gasteiger partial charge in [0.1, 0.15) is 0 Å². The average molecular weight is 270 g/mol. The minimum absolute atomic E-state index is 0.605. The van der Waals surface area contributed by atoms with Gasteiger partial charge in [-0.25, -0.2) is 0 Å². The lowest BCUT2D eigenvalue weighted by molar-refractivity contribution is 1.03. The molecule has 3 aromatic carbocycles. The largest absolute Gasteiger partial charge is 0.0949 e. The van der Waals surface area contributed by atoms with Crippen LogP contribution in [0.25, 0.3) is 16.3 Å². The molecule has 102 valence electrons. The second-order valence-corrected chi connectivity index (χ2v) is 5.95. The van der Waals surface area contributed by atoms with Crippen LogP contribution in [0.3, 0.4) is 0 Å². The molecule has 0 spiro atoms. The Hall–Kier alpha value is -2.34. The molecule has 0 nitrogen and oxygen atoms in total. The zero-order valence-electron chi connectivity index (χ0n) is 12.0. The van der Waals surface area contributed by atoms with Crippen LogP contribution in [-0.2, 0) is 0 Å². The van der Waals surface area contributed by atoms with E-state index >= 15 is 0 Å². The summed E-state index contributed by atoms with van der Waals surface area (Å²) in [5.41, 5.74) is 4.02. The molecule has 0 radical (unpaired) electrons. The van der Waals surface area contributed by atoms with Gasteiger partial charge in [-0.2, -0.15) is 0 Å². The van der Waals surface area contributed by atoms with Crippen LogP contribution in [-0.4, -0.2) is 0 Å². The van der Waals surface area contributed by atoms with Gasteiger partial charge in [0, 0.05) is 0 Å². The Kier molecular flexibility index (Phi) is 2.89. The van der Waals surface area contributed by atoms with Gasteiger partial charge in [-0.05, 0) is 51.8 Å². The van der Waals surface area contributed by atoms with Gasteiger partial charge in [0.25, 0.3) is 0 Å². The normalized spacial score (nSPS) is 20.4. The van der Waals surface area contributed by atoms with Crippen molar-refractivity contribution in [1.29, 1.82) is 0 Å². The van der Waals surface area contributed by atoms with Crippen molar-refractivity contribution < 1.29 is 0 Å². The molecule has 1 saturated carbocycles. The second-order valence-electron chi connectivity index (χ2n) is 5.95. The summed E-state index contributed by atoms with van der Waals surface area (Å²) in [5.74, 6) is 1.26. The molecule has 3 aromatic rings. The van der Waals surface area contributed by atoms with E-state index < -0.39 is 0 Å². The van der Waals surface area contributed by atoms with Crippen LogP contribution in [0.2, 0.25) is 0 Å². The van der Waals surface area contributed by atoms with Gasteiger partial charge in [-0.3, -0.25) is 0 Å². The van der Waals surface area contributed by atoms with Crippen LogP contribution in [0, 0.1) is 5.92 Å². The van der Waals surface area contributed by atoms with E-state index in [0.717, 1.165) is 0 Å². The van der Waals surface area contributed by atoms with Crippen molar-refractivity contribution in [3.63, 3.8) is 0 Å². The highest BCUT2D eigenvalue weighted by atomic mass is 14.4. The number of allylic oxidation sites excluding steroid dienone is 1. The third kappa shape index (κ3) is 2.27. The number of hydrogen-bond donors (Lipinski definition) is 0. The van der Waals surface area contributed by atoms with E-state index in [0.29, 0.717) is 11.8 Å². The first-order valence-electron chi connectivity index (χ1n) is 7.56. The minimum atomic E-state index is 0.605. The standard InChI is InChI=1S/C21H18/c1-15(20-14-21(20)17-8-3-2-4-9-17)18-12-11-16-7-5-6-10-19(16)13-18/h2-13,20-21H,1,14H2/t20-,21-/m1/s1. The van der Waals surface area contributed by atoms with E-state index in [-0.39, 0.29) is 0 Å². The smallest absolute Gasteiger partial charge is 0.00868 e. The Labute approximate surface area is 125 Å². The van der Waals surface area contributed by atoms with Crippen molar-refractivity contribution >= 4 is 16.3 Å². The van der Waals surface area contributed by atoms with E-state index in [1.807, 2.05) is 0 Å². The molecule has 0 aromatic heterocycles. The Bertz CT molecular complexity index is 798. The highest BCUT2D eigenvalue weighted by Crippen LogP contribution is 2.54. The summed E-state index contributed by atoms with van der Waals surface area (Å²) < 4.78 is 0. The monoisotopic (exact) mass is 270 g/mol. The molecule has 0 saturated heterocycles. The van der Waals surface area contributed by atoms with Crippen molar-refractivity contribution in [3.05, 3.63) is 90.5 Å². The summed E-state index contributed by atoms with van der Waals surface area (Å²) >= 11 is 0. The van der Waals surface area contributed by atoms with Gasteiger partial charge in [0.15, 0.2) is 0 Å². The number of hydrogen-bond acceptors (Lipinski definition) is 0. The Morgan fingerprint density at radius 3 is 2.33 bits per heavy atom. The fourth-order valence-electron chi connectivity index (χ4n) is 3.25. The van der Waals surface area contributed by atoms with E-state index in [9.17, 15) is 0 Å². The third-order valence-corrected chi connectivity index (χ3v) is 4.59. The average Bonchev–Trinajstić information content (AvgIpc) is 3.35. The minimum Gasteiger partial charge on any atom is -0.0949 e. The first-order valence-corrected chi connectivity index (χ1v) is 7.56. The molecule has 0 unspecified atom stereocenters. The molecule has 0 heteroatoms. The lowest BCUT2D eigenvalue weighted by Crippen LogP contribution is -1.89. The summed E-state index contributed by atoms with van der Waals surface area (Å²) in [5, 5.41) is 2.59. The predicted molar refractivity (Wildman–Crippen MR) is 90.3 cm³/mol. The molecule has 0 heterocycles. The highest BCUT2D eigenvalue weighted by Gasteiger charge is 2.40. The summed E-state index contributed by atoms with van der Waals surface area (Å²) in [6, 6.07) is 26.0. The van der Waals surface area contributed by atoms with Gasteiger partial charge in [0.2, 0.25) is 0 Å². The molecule has 1 fully saturated rings. The Balaban J connectivity index is 1.60. The molecule has 1 aliphatic rings. The van der Waals surface area contributed by atoms with Crippen molar-refractivity contribution in [2.45, 2.75) is 12.3 Å². The maximum atomic E-state index is 4.37. The van der Waals surface area contributed by atoms with Crippen LogP contribution in [0.15, 0.2) is 79.4 Å². The lowest BCUT2D eigenvalue weighted by Gasteiger charge is -2.07. The fraction of sp³-hybridized carbons (Fsp3) is 0.143. The Morgan fingerprint density at radius 2 is 1.52 bits per heavy atom. The van der Waals surface area contributed by atoms with Crippen molar-refractivity contribution in [2.24, 2.45) is 5.92 Å². The molecule has 0 amide bonds. The third-order valence-electron chi connectivity index (χ3n) is 4.59. The summed E-state index contributed by atoms with van der Waals surface area (Å²) in [4.78, 5) is 0. The summed E-state index contributed by atoms with van der Waals surface area (Å²) in [6.07, 6.45) is 1.23. The molecule has 0 N–H and O–H groups in total. The molecule has 4 rings (SSSR count).